The minimum atomic E-state index is -0.219. The maximum absolute atomic E-state index is 13.2. The van der Waals surface area contributed by atoms with Crippen LogP contribution in [-0.4, -0.2) is 14.8 Å². The van der Waals surface area contributed by atoms with Crippen molar-refractivity contribution in [2.24, 2.45) is 0 Å². The molecule has 1 aromatic heterocycles. The molecule has 21 heavy (non-hydrogen) atoms. The predicted octanol–water partition coefficient (Wildman–Crippen LogP) is 4.53. The first-order valence-electron chi connectivity index (χ1n) is 6.55. The van der Waals surface area contributed by atoms with Crippen molar-refractivity contribution in [2.75, 3.05) is 5.32 Å². The molecule has 0 aliphatic heterocycles. The Balaban J connectivity index is 1.81. The molecule has 1 unspecified atom stereocenters. The van der Waals surface area contributed by atoms with Crippen LogP contribution in [0.5, 0.6) is 0 Å². The monoisotopic (exact) mass is 321 g/mol. The molecule has 0 saturated carbocycles. The Bertz CT molecular complexity index is 774. The van der Waals surface area contributed by atoms with Gasteiger partial charge in [0.25, 0.3) is 0 Å². The molecule has 0 radical (unpaired) electrons. The maximum Gasteiger partial charge on any atom is 0.129 e. The molecular weight excluding hydrogens is 309 g/mol. The third-order valence-electron chi connectivity index (χ3n) is 3.20. The maximum atomic E-state index is 13.2. The smallest absolute Gasteiger partial charge is 0.129 e. The summed E-state index contributed by atoms with van der Waals surface area (Å²) in [5, 5.41) is 3.97. The molecule has 0 amide bonds. The van der Waals surface area contributed by atoms with E-state index in [0.717, 1.165) is 34.0 Å². The van der Waals surface area contributed by atoms with Gasteiger partial charge in [-0.15, -0.1) is 0 Å². The molecule has 2 aromatic carbocycles. The minimum absolute atomic E-state index is 0.0941. The first kappa shape index (κ1) is 14.2. The molecule has 0 fully saturated rings. The van der Waals surface area contributed by atoms with E-state index in [2.05, 4.69) is 14.1 Å². The van der Waals surface area contributed by atoms with Gasteiger partial charge in [-0.25, -0.2) is 4.39 Å². The first-order chi connectivity index (χ1) is 10.1. The van der Waals surface area contributed by atoms with Gasteiger partial charge in [0.2, 0.25) is 0 Å². The van der Waals surface area contributed by atoms with Crippen molar-refractivity contribution in [1.29, 1.82) is 0 Å². The highest BCUT2D eigenvalue weighted by Crippen LogP contribution is 2.30. The highest BCUT2D eigenvalue weighted by molar-refractivity contribution is 7.00. The fourth-order valence-electron chi connectivity index (χ4n) is 2.28. The van der Waals surface area contributed by atoms with E-state index in [4.69, 9.17) is 11.6 Å². The van der Waals surface area contributed by atoms with E-state index >= 15 is 0 Å². The Labute approximate surface area is 131 Å². The molecule has 1 atom stereocenters. The van der Waals surface area contributed by atoms with Gasteiger partial charge in [-0.3, -0.25) is 0 Å². The molecule has 3 rings (SSSR count). The average molecular weight is 322 g/mol. The van der Waals surface area contributed by atoms with Crippen LogP contribution in [0.3, 0.4) is 0 Å². The van der Waals surface area contributed by atoms with E-state index in [1.807, 2.05) is 25.1 Å². The first-order valence-corrected chi connectivity index (χ1v) is 7.66. The van der Waals surface area contributed by atoms with Crippen molar-refractivity contribution in [3.63, 3.8) is 0 Å². The second-order valence-electron chi connectivity index (χ2n) is 4.93. The van der Waals surface area contributed by atoms with Gasteiger partial charge < -0.3 is 5.32 Å². The quantitative estimate of drug-likeness (QED) is 0.767. The summed E-state index contributed by atoms with van der Waals surface area (Å²) in [6, 6.07) is 10.4. The van der Waals surface area contributed by atoms with Gasteiger partial charge >= 0.3 is 0 Å². The fraction of sp³-hybridized carbons (Fsp3) is 0.200. The lowest BCUT2D eigenvalue weighted by Gasteiger charge is -2.16. The molecule has 0 aliphatic rings. The Hall–Kier alpha value is -1.72. The van der Waals surface area contributed by atoms with Gasteiger partial charge in [0, 0.05) is 6.04 Å². The van der Waals surface area contributed by atoms with Crippen molar-refractivity contribution >= 4 is 40.0 Å². The van der Waals surface area contributed by atoms with Crippen molar-refractivity contribution in [3.8, 4) is 0 Å². The topological polar surface area (TPSA) is 37.8 Å². The van der Waals surface area contributed by atoms with Crippen LogP contribution in [0.4, 0.5) is 10.1 Å². The molecule has 0 bridgehead atoms. The SMILES string of the molecule is CC(Cc1cccc(F)c1)Nc1c(Cl)ccc2nsnc12. The van der Waals surface area contributed by atoms with Gasteiger partial charge in [-0.1, -0.05) is 23.7 Å². The molecule has 1 N–H and O–H groups in total. The summed E-state index contributed by atoms with van der Waals surface area (Å²) in [6.45, 7) is 2.03. The van der Waals surface area contributed by atoms with Crippen LogP contribution in [0.15, 0.2) is 36.4 Å². The van der Waals surface area contributed by atoms with Crippen molar-refractivity contribution in [2.45, 2.75) is 19.4 Å². The zero-order chi connectivity index (χ0) is 14.8. The molecule has 6 heteroatoms. The summed E-state index contributed by atoms with van der Waals surface area (Å²) < 4.78 is 21.7. The van der Waals surface area contributed by atoms with Crippen LogP contribution >= 0.6 is 23.3 Å². The summed E-state index contributed by atoms with van der Waals surface area (Å²) in [6.07, 6.45) is 0.696. The number of halogens is 2. The van der Waals surface area contributed by atoms with E-state index in [1.165, 1.54) is 6.07 Å². The molecule has 3 aromatic rings. The van der Waals surface area contributed by atoms with Crippen LogP contribution < -0.4 is 5.32 Å². The summed E-state index contributed by atoms with van der Waals surface area (Å²) >= 11 is 7.41. The molecule has 3 nitrogen and oxygen atoms in total. The van der Waals surface area contributed by atoms with Gasteiger partial charge in [0.15, 0.2) is 0 Å². The average Bonchev–Trinajstić information content (AvgIpc) is 2.90. The van der Waals surface area contributed by atoms with Crippen LogP contribution in [-0.2, 0) is 6.42 Å². The van der Waals surface area contributed by atoms with Crippen molar-refractivity contribution < 1.29 is 4.39 Å². The Morgan fingerprint density at radius 3 is 2.95 bits per heavy atom. The number of hydrogen-bond acceptors (Lipinski definition) is 4. The summed E-state index contributed by atoms with van der Waals surface area (Å²) in [4.78, 5) is 0. The summed E-state index contributed by atoms with van der Waals surface area (Å²) in [7, 11) is 0. The summed E-state index contributed by atoms with van der Waals surface area (Å²) in [5.74, 6) is -0.219. The number of anilines is 1. The Morgan fingerprint density at radius 2 is 2.14 bits per heavy atom. The second-order valence-corrected chi connectivity index (χ2v) is 5.87. The highest BCUT2D eigenvalue weighted by Gasteiger charge is 2.13. The number of hydrogen-bond donors (Lipinski definition) is 1. The number of nitrogens with one attached hydrogen (secondary N) is 1. The second kappa shape index (κ2) is 5.95. The van der Waals surface area contributed by atoms with Crippen LogP contribution in [0.25, 0.3) is 11.0 Å². The molecule has 0 spiro atoms. The highest BCUT2D eigenvalue weighted by atomic mass is 35.5. The standard InChI is InChI=1S/C15H13ClFN3S/c1-9(7-10-3-2-4-11(17)8-10)18-14-12(16)5-6-13-15(14)20-21-19-13/h2-6,8-9,18H,7H2,1H3. The van der Waals surface area contributed by atoms with Gasteiger partial charge in [0.05, 0.1) is 22.4 Å². The van der Waals surface area contributed by atoms with Gasteiger partial charge in [0.1, 0.15) is 16.9 Å². The zero-order valence-electron chi connectivity index (χ0n) is 11.3. The minimum Gasteiger partial charge on any atom is -0.379 e. The molecule has 1 heterocycles. The number of nitrogens with zero attached hydrogens (tertiary/aromatic N) is 2. The molecule has 0 aliphatic carbocycles. The van der Waals surface area contributed by atoms with E-state index in [1.54, 1.807) is 12.1 Å². The third kappa shape index (κ3) is 3.14. The number of fused-ring (bicyclic) bond motifs is 1. The lowest BCUT2D eigenvalue weighted by atomic mass is 10.1. The molecule has 108 valence electrons. The van der Waals surface area contributed by atoms with Crippen molar-refractivity contribution in [3.05, 3.63) is 52.8 Å². The van der Waals surface area contributed by atoms with Gasteiger partial charge in [-0.2, -0.15) is 8.75 Å². The largest absolute Gasteiger partial charge is 0.379 e. The lowest BCUT2D eigenvalue weighted by Crippen LogP contribution is -2.18. The summed E-state index contributed by atoms with van der Waals surface area (Å²) in [5.41, 5.74) is 3.32. The number of aromatic nitrogens is 2. The van der Waals surface area contributed by atoms with E-state index in [9.17, 15) is 4.39 Å². The Kier molecular flexibility index (Phi) is 4.03. The van der Waals surface area contributed by atoms with E-state index < -0.39 is 0 Å². The third-order valence-corrected chi connectivity index (χ3v) is 4.06. The van der Waals surface area contributed by atoms with Crippen LogP contribution in [0.1, 0.15) is 12.5 Å². The van der Waals surface area contributed by atoms with Crippen molar-refractivity contribution in [1.82, 2.24) is 8.75 Å². The number of benzene rings is 2. The van der Waals surface area contributed by atoms with Crippen LogP contribution in [0.2, 0.25) is 5.02 Å². The van der Waals surface area contributed by atoms with E-state index in [0.29, 0.717) is 11.4 Å². The number of rotatable bonds is 4. The lowest BCUT2D eigenvalue weighted by molar-refractivity contribution is 0.624. The molecule has 0 saturated heterocycles. The normalized spacial score (nSPS) is 12.5. The fourth-order valence-corrected chi connectivity index (χ4v) is 3.03. The van der Waals surface area contributed by atoms with E-state index in [-0.39, 0.29) is 11.9 Å². The van der Waals surface area contributed by atoms with Crippen LogP contribution in [0, 0.1) is 5.82 Å². The van der Waals surface area contributed by atoms with Gasteiger partial charge in [-0.05, 0) is 43.2 Å². The predicted molar refractivity (Wildman–Crippen MR) is 85.6 cm³/mol. The molecular formula is C15H13ClFN3S. The Morgan fingerprint density at radius 1 is 1.29 bits per heavy atom. The zero-order valence-corrected chi connectivity index (χ0v) is 12.9.